The van der Waals surface area contributed by atoms with Crippen molar-refractivity contribution >= 4 is 23.0 Å². The summed E-state index contributed by atoms with van der Waals surface area (Å²) in [7, 11) is 0. The van der Waals surface area contributed by atoms with Crippen molar-refractivity contribution in [2.45, 2.75) is 19.9 Å². The minimum Gasteiger partial charge on any atom is -0.478 e. The van der Waals surface area contributed by atoms with Crippen LogP contribution in [0.1, 0.15) is 35.1 Å². The van der Waals surface area contributed by atoms with Gasteiger partial charge >= 0.3 is 5.97 Å². The van der Waals surface area contributed by atoms with Crippen molar-refractivity contribution < 1.29 is 14.3 Å². The summed E-state index contributed by atoms with van der Waals surface area (Å²) in [6, 6.07) is 7.84. The highest BCUT2D eigenvalue weighted by molar-refractivity contribution is 7.10. The number of carboxylic acid groups (broad SMARTS) is 1. The van der Waals surface area contributed by atoms with Crippen LogP contribution in [0.3, 0.4) is 0 Å². The number of thiophene rings is 1. The van der Waals surface area contributed by atoms with Gasteiger partial charge in [0.05, 0.1) is 17.3 Å². The number of halogens is 1. The minimum absolute atomic E-state index is 0.0482. The van der Waals surface area contributed by atoms with E-state index in [2.05, 4.69) is 5.32 Å². The average molecular weight is 293 g/mol. The van der Waals surface area contributed by atoms with E-state index < -0.39 is 11.8 Å². The number of hydrogen-bond acceptors (Lipinski definition) is 3. The van der Waals surface area contributed by atoms with Gasteiger partial charge in [0, 0.05) is 4.88 Å². The van der Waals surface area contributed by atoms with Crippen molar-refractivity contribution in [2.75, 3.05) is 5.32 Å². The molecule has 1 heterocycles. The molecule has 2 rings (SSSR count). The molecule has 0 fully saturated rings. The predicted molar refractivity (Wildman–Crippen MR) is 78.9 cm³/mol. The van der Waals surface area contributed by atoms with Crippen LogP contribution in [0, 0.1) is 11.7 Å². The van der Waals surface area contributed by atoms with Gasteiger partial charge in [0.15, 0.2) is 0 Å². The van der Waals surface area contributed by atoms with Gasteiger partial charge in [-0.3, -0.25) is 0 Å². The summed E-state index contributed by atoms with van der Waals surface area (Å²) in [5.41, 5.74) is -0.000642. The van der Waals surface area contributed by atoms with E-state index in [1.165, 1.54) is 18.2 Å². The Morgan fingerprint density at radius 3 is 2.60 bits per heavy atom. The second-order valence-corrected chi connectivity index (χ2v) is 5.83. The molecule has 1 unspecified atom stereocenters. The van der Waals surface area contributed by atoms with Crippen LogP contribution in [-0.4, -0.2) is 11.1 Å². The Hall–Kier alpha value is -1.88. The minimum atomic E-state index is -1.14. The third-order valence-electron chi connectivity index (χ3n) is 3.06. The van der Waals surface area contributed by atoms with Gasteiger partial charge in [0.25, 0.3) is 0 Å². The largest absolute Gasteiger partial charge is 0.478 e. The highest BCUT2D eigenvalue weighted by Gasteiger charge is 2.21. The summed E-state index contributed by atoms with van der Waals surface area (Å²) in [6.45, 7) is 4.03. The summed E-state index contributed by atoms with van der Waals surface area (Å²) in [5, 5.41) is 14.2. The summed E-state index contributed by atoms with van der Waals surface area (Å²) >= 11 is 1.57. The molecule has 0 saturated heterocycles. The molecule has 1 atom stereocenters. The molecule has 0 saturated carbocycles. The number of para-hydroxylation sites is 1. The summed E-state index contributed by atoms with van der Waals surface area (Å²) in [5.74, 6) is -1.48. The van der Waals surface area contributed by atoms with E-state index in [-0.39, 0.29) is 23.2 Å². The lowest BCUT2D eigenvalue weighted by Crippen LogP contribution is -2.18. The molecule has 0 aliphatic rings. The molecule has 20 heavy (non-hydrogen) atoms. The number of hydrogen-bond donors (Lipinski definition) is 2. The standard InChI is InChI=1S/C15H16FNO2S/c1-9(2)13(12-7-4-8-20-12)17-14-10(15(18)19)5-3-6-11(14)16/h3-9,13,17H,1-2H3,(H,18,19). The zero-order chi connectivity index (χ0) is 14.7. The maximum atomic E-state index is 14.0. The van der Waals surface area contributed by atoms with Crippen molar-refractivity contribution in [1.29, 1.82) is 0 Å². The molecule has 1 aromatic heterocycles. The zero-order valence-electron chi connectivity index (χ0n) is 11.3. The molecule has 0 aliphatic carbocycles. The fraction of sp³-hybridized carbons (Fsp3) is 0.267. The number of rotatable bonds is 5. The van der Waals surface area contributed by atoms with Crippen LogP contribution < -0.4 is 5.32 Å². The van der Waals surface area contributed by atoms with Gasteiger partial charge in [-0.1, -0.05) is 26.0 Å². The van der Waals surface area contributed by atoms with E-state index in [1.54, 1.807) is 11.3 Å². The average Bonchev–Trinajstić information content (AvgIpc) is 2.90. The molecule has 0 spiro atoms. The topological polar surface area (TPSA) is 49.3 Å². The molecular weight excluding hydrogens is 277 g/mol. The van der Waals surface area contributed by atoms with E-state index in [4.69, 9.17) is 5.11 Å². The molecule has 2 aromatic rings. The maximum Gasteiger partial charge on any atom is 0.337 e. The Kier molecular flexibility index (Phi) is 4.39. The number of aromatic carboxylic acids is 1. The Morgan fingerprint density at radius 1 is 1.30 bits per heavy atom. The lowest BCUT2D eigenvalue weighted by molar-refractivity contribution is 0.0697. The summed E-state index contributed by atoms with van der Waals surface area (Å²) in [4.78, 5) is 12.3. The van der Waals surface area contributed by atoms with Gasteiger partial charge in [-0.2, -0.15) is 0 Å². The van der Waals surface area contributed by atoms with Crippen LogP contribution in [0.15, 0.2) is 35.7 Å². The first-order valence-corrected chi connectivity index (χ1v) is 7.20. The van der Waals surface area contributed by atoms with Crippen molar-refractivity contribution in [3.05, 3.63) is 52.0 Å². The SMILES string of the molecule is CC(C)C(Nc1c(F)cccc1C(=O)O)c1cccs1. The lowest BCUT2D eigenvalue weighted by atomic mass is 10.0. The molecule has 0 amide bonds. The molecule has 0 aliphatic heterocycles. The van der Waals surface area contributed by atoms with Crippen molar-refractivity contribution in [3.8, 4) is 0 Å². The van der Waals surface area contributed by atoms with Gasteiger partial charge in [0.1, 0.15) is 5.82 Å². The first kappa shape index (κ1) is 14.5. The number of carboxylic acids is 1. The molecule has 0 bridgehead atoms. The second-order valence-electron chi connectivity index (χ2n) is 4.85. The molecule has 5 heteroatoms. The highest BCUT2D eigenvalue weighted by atomic mass is 32.1. The highest BCUT2D eigenvalue weighted by Crippen LogP contribution is 2.32. The molecule has 2 N–H and O–H groups in total. The van der Waals surface area contributed by atoms with E-state index in [9.17, 15) is 9.18 Å². The zero-order valence-corrected chi connectivity index (χ0v) is 12.1. The van der Waals surface area contributed by atoms with Crippen LogP contribution in [0.2, 0.25) is 0 Å². The van der Waals surface area contributed by atoms with E-state index in [1.807, 2.05) is 31.4 Å². The van der Waals surface area contributed by atoms with Crippen LogP contribution in [-0.2, 0) is 0 Å². The first-order valence-electron chi connectivity index (χ1n) is 6.32. The smallest absolute Gasteiger partial charge is 0.337 e. The fourth-order valence-corrected chi connectivity index (χ4v) is 2.99. The monoisotopic (exact) mass is 293 g/mol. The third-order valence-corrected chi connectivity index (χ3v) is 4.02. The summed E-state index contributed by atoms with van der Waals surface area (Å²) < 4.78 is 14.0. The van der Waals surface area contributed by atoms with Gasteiger partial charge in [0.2, 0.25) is 0 Å². The quantitative estimate of drug-likeness (QED) is 0.859. The van der Waals surface area contributed by atoms with Gasteiger partial charge < -0.3 is 10.4 Å². The first-order chi connectivity index (χ1) is 9.50. The Bertz CT molecular complexity index is 596. The Labute approximate surface area is 121 Å². The van der Waals surface area contributed by atoms with Gasteiger partial charge in [-0.25, -0.2) is 9.18 Å². The molecule has 106 valence electrons. The lowest BCUT2D eigenvalue weighted by Gasteiger charge is -2.23. The van der Waals surface area contributed by atoms with Gasteiger partial charge in [-0.15, -0.1) is 11.3 Å². The van der Waals surface area contributed by atoms with E-state index in [0.717, 1.165) is 4.88 Å². The second kappa shape index (κ2) is 6.05. The van der Waals surface area contributed by atoms with Crippen LogP contribution in [0.4, 0.5) is 10.1 Å². The number of anilines is 1. The van der Waals surface area contributed by atoms with Crippen molar-refractivity contribution in [3.63, 3.8) is 0 Å². The normalized spacial score (nSPS) is 12.4. The van der Waals surface area contributed by atoms with Crippen molar-refractivity contribution in [2.24, 2.45) is 5.92 Å². The van der Waals surface area contributed by atoms with Crippen LogP contribution >= 0.6 is 11.3 Å². The molecule has 3 nitrogen and oxygen atoms in total. The van der Waals surface area contributed by atoms with E-state index in [0.29, 0.717) is 0 Å². The predicted octanol–water partition coefficient (Wildman–Crippen LogP) is 4.39. The number of carbonyl (C=O) groups is 1. The van der Waals surface area contributed by atoms with Crippen molar-refractivity contribution in [1.82, 2.24) is 0 Å². The van der Waals surface area contributed by atoms with Crippen LogP contribution in [0.25, 0.3) is 0 Å². The third kappa shape index (κ3) is 2.99. The van der Waals surface area contributed by atoms with Crippen LogP contribution in [0.5, 0.6) is 0 Å². The van der Waals surface area contributed by atoms with E-state index >= 15 is 0 Å². The maximum absolute atomic E-state index is 14.0. The number of benzene rings is 1. The molecule has 0 radical (unpaired) electrons. The number of nitrogens with one attached hydrogen (secondary N) is 1. The molecular formula is C15H16FNO2S. The Morgan fingerprint density at radius 2 is 2.05 bits per heavy atom. The fourth-order valence-electron chi connectivity index (χ4n) is 2.04. The molecule has 1 aromatic carbocycles. The van der Waals surface area contributed by atoms with Gasteiger partial charge in [-0.05, 0) is 29.5 Å². The Balaban J connectivity index is 2.39. The summed E-state index contributed by atoms with van der Waals surface area (Å²) in [6.07, 6.45) is 0.